The fraction of sp³-hybridized carbons (Fsp3) is 0.250. The Bertz CT molecular complexity index is 1450. The summed E-state index contributed by atoms with van der Waals surface area (Å²) in [5.41, 5.74) is 2.50. The third kappa shape index (κ3) is 4.58. The summed E-state index contributed by atoms with van der Waals surface area (Å²) >= 11 is 6.46. The molecule has 1 amide bonds. The van der Waals surface area contributed by atoms with E-state index in [0.717, 1.165) is 5.69 Å². The number of carbonyl (C=O) groups is 1. The Balaban J connectivity index is 1.46. The number of aryl methyl sites for hydroxylation is 1. The van der Waals surface area contributed by atoms with Crippen LogP contribution in [0.4, 0.5) is 23.2 Å². The quantitative estimate of drug-likeness (QED) is 0.343. The number of fused-ring (bicyclic) bond motifs is 1. The predicted molar refractivity (Wildman–Crippen MR) is 124 cm³/mol. The second kappa shape index (κ2) is 9.05. The van der Waals surface area contributed by atoms with Gasteiger partial charge in [-0.3, -0.25) is 4.79 Å². The molecule has 1 unspecified atom stereocenters. The number of carbonyl (C=O) groups excluding carboxylic acids is 1. The largest absolute Gasteiger partial charge is 0.406 e. The number of aromatic nitrogens is 5. The van der Waals surface area contributed by atoms with Crippen molar-refractivity contribution in [3.63, 3.8) is 0 Å². The lowest BCUT2D eigenvalue weighted by Gasteiger charge is -2.26. The summed E-state index contributed by atoms with van der Waals surface area (Å²) in [5, 5.41) is 8.56. The van der Waals surface area contributed by atoms with Gasteiger partial charge < -0.3 is 9.47 Å². The van der Waals surface area contributed by atoms with Crippen LogP contribution in [0.3, 0.4) is 0 Å². The van der Waals surface area contributed by atoms with Crippen LogP contribution in [0.15, 0.2) is 55.1 Å². The molecule has 7 nitrogen and oxygen atoms in total. The van der Waals surface area contributed by atoms with Crippen LogP contribution >= 0.6 is 11.6 Å². The highest BCUT2D eigenvalue weighted by molar-refractivity contribution is 6.32. The topological polar surface area (TPSA) is 68.8 Å². The molecule has 1 aliphatic rings. The summed E-state index contributed by atoms with van der Waals surface area (Å²) in [6, 6.07) is 7.90. The minimum Gasteiger partial charge on any atom is -0.305 e. The molecular formula is C24H19ClF4N6O. The van der Waals surface area contributed by atoms with Crippen LogP contribution in [0.1, 0.15) is 23.7 Å². The van der Waals surface area contributed by atoms with E-state index in [2.05, 4.69) is 15.3 Å². The Morgan fingerprint density at radius 1 is 1.14 bits per heavy atom. The van der Waals surface area contributed by atoms with Gasteiger partial charge in [0, 0.05) is 17.3 Å². The van der Waals surface area contributed by atoms with Gasteiger partial charge in [0.05, 0.1) is 34.6 Å². The molecule has 0 radical (unpaired) electrons. The van der Waals surface area contributed by atoms with Crippen molar-refractivity contribution < 1.29 is 22.4 Å². The molecule has 0 bridgehead atoms. The van der Waals surface area contributed by atoms with Crippen LogP contribution in [0.5, 0.6) is 0 Å². The number of rotatable bonds is 4. The summed E-state index contributed by atoms with van der Waals surface area (Å²) in [6.45, 7) is 0.319. The number of hydrogen-bond donors (Lipinski definition) is 0. The lowest BCUT2D eigenvalue weighted by atomic mass is 10.1. The minimum absolute atomic E-state index is 0.0591. The van der Waals surface area contributed by atoms with E-state index in [0.29, 0.717) is 26.9 Å². The SMILES string of the molecule is Cc1cn(-c2ccc(-c3cn(C4CCc5c(F)cccc5N(CC(F)(F)F)C4=O)nn3)cc2Cl)cn1. The zero-order chi connectivity index (χ0) is 25.6. The Kier molecular flexibility index (Phi) is 6.03. The van der Waals surface area contributed by atoms with Crippen molar-refractivity contribution in [3.8, 4) is 16.9 Å². The Hall–Kier alpha value is -3.73. The maximum Gasteiger partial charge on any atom is 0.406 e. The molecule has 3 heterocycles. The first-order valence-electron chi connectivity index (χ1n) is 11.0. The van der Waals surface area contributed by atoms with Crippen LogP contribution in [-0.2, 0) is 11.2 Å². The third-order valence-electron chi connectivity index (χ3n) is 6.00. The molecular weight excluding hydrogens is 500 g/mol. The summed E-state index contributed by atoms with van der Waals surface area (Å²) in [6.07, 6.45) is 0.387. The van der Waals surface area contributed by atoms with Gasteiger partial charge in [0.2, 0.25) is 0 Å². The molecule has 186 valence electrons. The van der Waals surface area contributed by atoms with Gasteiger partial charge in [0.25, 0.3) is 5.91 Å². The van der Waals surface area contributed by atoms with Gasteiger partial charge in [0.15, 0.2) is 0 Å². The summed E-state index contributed by atoms with van der Waals surface area (Å²) in [7, 11) is 0. The fourth-order valence-corrected chi connectivity index (χ4v) is 4.61. The van der Waals surface area contributed by atoms with E-state index in [1.54, 1.807) is 29.1 Å². The van der Waals surface area contributed by atoms with Gasteiger partial charge in [-0.1, -0.05) is 28.9 Å². The van der Waals surface area contributed by atoms with Crippen molar-refractivity contribution >= 4 is 23.2 Å². The number of nitrogens with zero attached hydrogens (tertiary/aromatic N) is 6. The van der Waals surface area contributed by atoms with E-state index in [4.69, 9.17) is 11.6 Å². The van der Waals surface area contributed by atoms with Crippen molar-refractivity contribution in [3.05, 3.63) is 77.2 Å². The Morgan fingerprint density at radius 3 is 2.64 bits per heavy atom. The van der Waals surface area contributed by atoms with Crippen LogP contribution in [-0.4, -0.2) is 43.2 Å². The van der Waals surface area contributed by atoms with Gasteiger partial charge in [-0.15, -0.1) is 5.10 Å². The highest BCUT2D eigenvalue weighted by Gasteiger charge is 2.40. The van der Waals surface area contributed by atoms with Gasteiger partial charge in [-0.25, -0.2) is 14.1 Å². The second-order valence-corrected chi connectivity index (χ2v) is 8.91. The van der Waals surface area contributed by atoms with Crippen molar-refractivity contribution in [1.29, 1.82) is 0 Å². The number of anilines is 1. The Labute approximate surface area is 207 Å². The van der Waals surface area contributed by atoms with Crippen LogP contribution < -0.4 is 4.90 Å². The first kappa shape index (κ1) is 24.0. The maximum atomic E-state index is 14.5. The molecule has 0 saturated carbocycles. The minimum atomic E-state index is -4.67. The number of halogens is 5. The molecule has 0 saturated heterocycles. The lowest BCUT2D eigenvalue weighted by Crippen LogP contribution is -2.42. The van der Waals surface area contributed by atoms with E-state index in [1.165, 1.54) is 29.1 Å². The van der Waals surface area contributed by atoms with Crippen molar-refractivity contribution in [2.75, 3.05) is 11.4 Å². The molecule has 2 aromatic carbocycles. The molecule has 0 spiro atoms. The average Bonchev–Trinajstić information content (AvgIpc) is 3.44. The smallest absolute Gasteiger partial charge is 0.305 e. The van der Waals surface area contributed by atoms with E-state index in [9.17, 15) is 22.4 Å². The zero-order valence-corrected chi connectivity index (χ0v) is 19.6. The number of hydrogen-bond acceptors (Lipinski definition) is 4. The first-order chi connectivity index (χ1) is 17.1. The monoisotopic (exact) mass is 518 g/mol. The van der Waals surface area contributed by atoms with E-state index in [1.807, 2.05) is 13.1 Å². The van der Waals surface area contributed by atoms with Crippen molar-refractivity contribution in [2.24, 2.45) is 0 Å². The van der Waals surface area contributed by atoms with Gasteiger partial charge in [-0.05, 0) is 44.0 Å². The molecule has 36 heavy (non-hydrogen) atoms. The molecule has 0 aliphatic carbocycles. The lowest BCUT2D eigenvalue weighted by molar-refractivity contribution is -0.134. The Morgan fingerprint density at radius 2 is 1.94 bits per heavy atom. The molecule has 2 aromatic heterocycles. The van der Waals surface area contributed by atoms with Crippen molar-refractivity contribution in [1.82, 2.24) is 24.5 Å². The van der Waals surface area contributed by atoms with Crippen LogP contribution in [0, 0.1) is 12.7 Å². The molecule has 5 rings (SSSR count). The zero-order valence-electron chi connectivity index (χ0n) is 18.9. The third-order valence-corrected chi connectivity index (χ3v) is 6.31. The molecule has 1 atom stereocenters. The summed E-state index contributed by atoms with van der Waals surface area (Å²) in [4.78, 5) is 18.0. The number of benzene rings is 2. The van der Waals surface area contributed by atoms with E-state index in [-0.39, 0.29) is 24.1 Å². The second-order valence-electron chi connectivity index (χ2n) is 8.50. The highest BCUT2D eigenvalue weighted by atomic mass is 35.5. The molecule has 0 N–H and O–H groups in total. The standard InChI is InChI=1S/C24H19ClF4N6O/c1-14-10-33(13-30-14)21-7-5-15(9-17(21)25)19-11-35(32-31-19)22-8-6-16-18(26)3-2-4-20(16)34(23(22)36)12-24(27,28)29/h2-5,7,9-11,13,22H,6,8,12H2,1H3. The average molecular weight is 519 g/mol. The first-order valence-corrected chi connectivity index (χ1v) is 11.4. The summed E-state index contributed by atoms with van der Waals surface area (Å²) in [5.74, 6) is -1.49. The normalized spacial score (nSPS) is 16.2. The predicted octanol–water partition coefficient (Wildman–Crippen LogP) is 5.31. The van der Waals surface area contributed by atoms with Crippen LogP contribution in [0.2, 0.25) is 5.02 Å². The van der Waals surface area contributed by atoms with Gasteiger partial charge in [-0.2, -0.15) is 13.2 Å². The molecule has 1 aliphatic heterocycles. The van der Waals surface area contributed by atoms with Gasteiger partial charge in [0.1, 0.15) is 24.1 Å². The van der Waals surface area contributed by atoms with E-state index < -0.39 is 30.5 Å². The fourth-order valence-electron chi connectivity index (χ4n) is 4.33. The van der Waals surface area contributed by atoms with Crippen LogP contribution in [0.25, 0.3) is 16.9 Å². The number of alkyl halides is 3. The maximum absolute atomic E-state index is 14.5. The van der Waals surface area contributed by atoms with Crippen molar-refractivity contribution in [2.45, 2.75) is 32.0 Å². The van der Waals surface area contributed by atoms with Gasteiger partial charge >= 0.3 is 6.18 Å². The molecule has 4 aromatic rings. The van der Waals surface area contributed by atoms with E-state index >= 15 is 0 Å². The highest BCUT2D eigenvalue weighted by Crippen LogP contribution is 2.35. The molecule has 0 fully saturated rings. The molecule has 12 heteroatoms. The summed E-state index contributed by atoms with van der Waals surface area (Å²) < 4.78 is 57.5. The number of imidazole rings is 1. The number of amides is 1.